The Bertz CT molecular complexity index is 405. The van der Waals surface area contributed by atoms with E-state index in [4.69, 9.17) is 4.74 Å². The van der Waals surface area contributed by atoms with E-state index in [-0.39, 0.29) is 5.69 Å². The van der Waals surface area contributed by atoms with E-state index in [1.54, 1.807) is 12.1 Å². The van der Waals surface area contributed by atoms with Crippen molar-refractivity contribution in [1.29, 1.82) is 0 Å². The van der Waals surface area contributed by atoms with Crippen LogP contribution in [0.3, 0.4) is 0 Å². The Hall–Kier alpha value is -1.14. The molecule has 1 atom stereocenters. The average Bonchev–Trinajstić information content (AvgIpc) is 2.70. The van der Waals surface area contributed by atoms with Crippen LogP contribution in [0.2, 0.25) is 0 Å². The lowest BCUT2D eigenvalue weighted by Crippen LogP contribution is -2.18. The monoisotopic (exact) mass is 286 g/mol. The van der Waals surface area contributed by atoms with Gasteiger partial charge in [-0.2, -0.15) is 0 Å². The third-order valence-corrected chi connectivity index (χ3v) is 3.08. The number of halogens is 1. The van der Waals surface area contributed by atoms with Crippen LogP contribution < -0.4 is 5.32 Å². The van der Waals surface area contributed by atoms with E-state index in [0.29, 0.717) is 17.1 Å². The Kier molecular flexibility index (Phi) is 3.40. The van der Waals surface area contributed by atoms with E-state index in [9.17, 15) is 10.1 Å². The number of nitrogens with one attached hydrogen (secondary N) is 1. The molecule has 1 fully saturated rings. The molecule has 1 aromatic carbocycles. The molecule has 1 aromatic rings. The number of nitro groups is 1. The van der Waals surface area contributed by atoms with Crippen molar-refractivity contribution < 1.29 is 9.66 Å². The number of hydrogen-bond donors (Lipinski definition) is 1. The number of ether oxygens (including phenoxy) is 1. The maximum Gasteiger partial charge on any atom is 0.283 e. The Labute approximate surface area is 101 Å². The summed E-state index contributed by atoms with van der Waals surface area (Å²) in [6.45, 7) is 1.46. The average molecular weight is 287 g/mol. The van der Waals surface area contributed by atoms with Gasteiger partial charge in [-0.3, -0.25) is 10.1 Å². The van der Waals surface area contributed by atoms with E-state index in [0.717, 1.165) is 18.7 Å². The molecular formula is C10H11BrN2O3. The number of rotatable bonds is 3. The highest BCUT2D eigenvalue weighted by Gasteiger charge is 2.17. The molecule has 0 aliphatic carbocycles. The molecule has 5 nitrogen and oxygen atoms in total. The Morgan fingerprint density at radius 1 is 1.56 bits per heavy atom. The molecule has 1 unspecified atom stereocenters. The molecule has 0 aromatic heterocycles. The van der Waals surface area contributed by atoms with Crippen molar-refractivity contribution in [3.8, 4) is 0 Å². The second-order valence-electron chi connectivity index (χ2n) is 3.63. The minimum Gasteiger partial charge on any atom is -0.380 e. The van der Waals surface area contributed by atoms with E-state index < -0.39 is 4.92 Å². The van der Waals surface area contributed by atoms with Crippen LogP contribution >= 0.6 is 15.9 Å². The molecule has 1 aliphatic heterocycles. The predicted octanol–water partition coefficient (Wildman–Crippen LogP) is 2.56. The predicted molar refractivity (Wildman–Crippen MR) is 63.6 cm³/mol. The topological polar surface area (TPSA) is 64.4 Å². The molecule has 1 N–H and O–H groups in total. The van der Waals surface area contributed by atoms with Crippen molar-refractivity contribution in [2.75, 3.05) is 18.5 Å². The fourth-order valence-electron chi connectivity index (χ4n) is 1.63. The Balaban J connectivity index is 2.11. The first-order chi connectivity index (χ1) is 7.66. The molecule has 1 heterocycles. The van der Waals surface area contributed by atoms with E-state index in [1.165, 1.54) is 6.07 Å². The number of anilines is 1. The van der Waals surface area contributed by atoms with Gasteiger partial charge in [-0.15, -0.1) is 0 Å². The van der Waals surface area contributed by atoms with E-state index >= 15 is 0 Å². The van der Waals surface area contributed by atoms with Crippen LogP contribution in [-0.4, -0.2) is 24.2 Å². The van der Waals surface area contributed by atoms with Crippen molar-refractivity contribution in [3.63, 3.8) is 0 Å². The van der Waals surface area contributed by atoms with Crippen LogP contribution in [0.1, 0.15) is 6.42 Å². The van der Waals surface area contributed by atoms with Crippen LogP contribution in [0.15, 0.2) is 22.7 Å². The van der Waals surface area contributed by atoms with Gasteiger partial charge in [-0.1, -0.05) is 0 Å². The van der Waals surface area contributed by atoms with E-state index in [1.807, 2.05) is 0 Å². The number of nitro benzene ring substituents is 1. The molecule has 1 aliphatic rings. The summed E-state index contributed by atoms with van der Waals surface area (Å²) in [4.78, 5) is 10.2. The van der Waals surface area contributed by atoms with Gasteiger partial charge in [0.05, 0.1) is 22.0 Å². The van der Waals surface area contributed by atoms with Crippen LogP contribution in [0.5, 0.6) is 0 Å². The minimum absolute atomic E-state index is 0.0771. The second kappa shape index (κ2) is 4.80. The second-order valence-corrected chi connectivity index (χ2v) is 4.48. The highest BCUT2D eigenvalue weighted by Crippen LogP contribution is 2.28. The number of benzene rings is 1. The van der Waals surface area contributed by atoms with Crippen molar-refractivity contribution in [2.24, 2.45) is 0 Å². The lowest BCUT2D eigenvalue weighted by Gasteiger charge is -2.12. The fraction of sp³-hybridized carbons (Fsp3) is 0.400. The van der Waals surface area contributed by atoms with Crippen molar-refractivity contribution in [3.05, 3.63) is 32.8 Å². The Morgan fingerprint density at radius 2 is 2.38 bits per heavy atom. The summed E-state index contributed by atoms with van der Waals surface area (Å²) in [5.41, 5.74) is 0.946. The molecule has 0 bridgehead atoms. The van der Waals surface area contributed by atoms with Crippen molar-refractivity contribution in [2.45, 2.75) is 12.5 Å². The zero-order valence-corrected chi connectivity index (χ0v) is 10.1. The quantitative estimate of drug-likeness (QED) is 0.685. The first kappa shape index (κ1) is 11.3. The summed E-state index contributed by atoms with van der Waals surface area (Å²) in [5, 5.41) is 13.9. The fourth-order valence-corrected chi connectivity index (χ4v) is 2.15. The molecule has 6 heteroatoms. The van der Waals surface area contributed by atoms with Gasteiger partial charge in [-0.25, -0.2) is 0 Å². The smallest absolute Gasteiger partial charge is 0.283 e. The van der Waals surface area contributed by atoms with Crippen LogP contribution in [0.25, 0.3) is 0 Å². The van der Waals surface area contributed by atoms with Crippen molar-refractivity contribution >= 4 is 27.3 Å². The van der Waals surface area contributed by atoms with Gasteiger partial charge in [0, 0.05) is 18.4 Å². The first-order valence-corrected chi connectivity index (χ1v) is 5.74. The maximum atomic E-state index is 10.6. The van der Waals surface area contributed by atoms with Crippen LogP contribution in [-0.2, 0) is 4.74 Å². The van der Waals surface area contributed by atoms with Crippen LogP contribution in [0, 0.1) is 10.1 Å². The molecule has 0 spiro atoms. The third kappa shape index (κ3) is 2.51. The zero-order valence-electron chi connectivity index (χ0n) is 8.48. The molecule has 0 amide bonds. The maximum absolute atomic E-state index is 10.6. The largest absolute Gasteiger partial charge is 0.380 e. The summed E-state index contributed by atoms with van der Waals surface area (Å²) in [7, 11) is 0. The summed E-state index contributed by atoms with van der Waals surface area (Å²) in [5.74, 6) is 0. The summed E-state index contributed by atoms with van der Waals surface area (Å²) < 4.78 is 5.73. The van der Waals surface area contributed by atoms with Crippen LogP contribution in [0.4, 0.5) is 11.4 Å². The highest BCUT2D eigenvalue weighted by molar-refractivity contribution is 9.10. The van der Waals surface area contributed by atoms with Crippen molar-refractivity contribution in [1.82, 2.24) is 0 Å². The van der Waals surface area contributed by atoms with Gasteiger partial charge in [0.1, 0.15) is 0 Å². The Morgan fingerprint density at radius 3 is 2.94 bits per heavy atom. The van der Waals surface area contributed by atoms with Gasteiger partial charge < -0.3 is 10.1 Å². The normalized spacial score (nSPS) is 19.7. The molecule has 16 heavy (non-hydrogen) atoms. The number of nitrogens with zero attached hydrogens (tertiary/aromatic N) is 1. The highest BCUT2D eigenvalue weighted by atomic mass is 79.9. The summed E-state index contributed by atoms with van der Waals surface area (Å²) in [6.07, 6.45) is 0.967. The van der Waals surface area contributed by atoms with Gasteiger partial charge in [0.15, 0.2) is 0 Å². The lowest BCUT2D eigenvalue weighted by molar-refractivity contribution is -0.385. The molecule has 0 radical (unpaired) electrons. The third-order valence-electron chi connectivity index (χ3n) is 2.44. The van der Waals surface area contributed by atoms with Gasteiger partial charge in [0.2, 0.25) is 0 Å². The molecule has 1 saturated heterocycles. The summed E-state index contributed by atoms with van der Waals surface area (Å²) >= 11 is 3.18. The lowest BCUT2D eigenvalue weighted by atomic mass is 10.2. The first-order valence-electron chi connectivity index (χ1n) is 4.95. The zero-order chi connectivity index (χ0) is 11.5. The standard InChI is InChI=1S/C10H11BrN2O3/c11-9-5-7(1-2-10(9)13(14)15)12-8-3-4-16-6-8/h1-2,5,8,12H,3-4,6H2. The minimum atomic E-state index is -0.410. The molecule has 0 saturated carbocycles. The summed E-state index contributed by atoms with van der Waals surface area (Å²) in [6, 6.07) is 5.22. The molecule has 86 valence electrons. The number of hydrogen-bond acceptors (Lipinski definition) is 4. The molecule has 2 rings (SSSR count). The van der Waals surface area contributed by atoms with Gasteiger partial charge in [-0.05, 0) is 34.5 Å². The van der Waals surface area contributed by atoms with Gasteiger partial charge in [0.25, 0.3) is 5.69 Å². The molecular weight excluding hydrogens is 276 g/mol. The SMILES string of the molecule is O=[N+]([O-])c1ccc(NC2CCOC2)cc1Br. The van der Waals surface area contributed by atoms with E-state index in [2.05, 4.69) is 21.2 Å². The van der Waals surface area contributed by atoms with Gasteiger partial charge >= 0.3 is 0 Å².